The number of ether oxygens (including phenoxy) is 3. The predicted molar refractivity (Wildman–Crippen MR) is 130 cm³/mol. The van der Waals surface area contributed by atoms with Crippen LogP contribution < -0.4 is 14.2 Å². The lowest BCUT2D eigenvalue weighted by Gasteiger charge is -2.09. The molecular weight excluding hydrogens is 438 g/mol. The fraction of sp³-hybridized carbons (Fsp3) is 0.111. The van der Waals surface area contributed by atoms with E-state index in [0.717, 1.165) is 16.7 Å². The summed E-state index contributed by atoms with van der Waals surface area (Å²) in [7, 11) is 1.48. The summed E-state index contributed by atoms with van der Waals surface area (Å²) in [5.41, 5.74) is 2.71. The van der Waals surface area contributed by atoms with E-state index >= 15 is 0 Å². The number of hydrogen-bond acceptors (Lipinski definition) is 5. The molecule has 33 heavy (non-hydrogen) atoms. The molecule has 0 radical (unpaired) electrons. The molecule has 0 unspecified atom stereocenters. The summed E-state index contributed by atoms with van der Waals surface area (Å²) < 4.78 is 16.4. The van der Waals surface area contributed by atoms with Gasteiger partial charge < -0.3 is 14.2 Å². The van der Waals surface area contributed by atoms with Crippen LogP contribution in [0.25, 0.3) is 17.7 Å². The molecule has 0 aromatic heterocycles. The maximum atomic E-state index is 12.4. The number of halogens is 1. The lowest BCUT2D eigenvalue weighted by molar-refractivity contribution is -0.129. The van der Waals surface area contributed by atoms with E-state index in [1.54, 1.807) is 54.6 Å². The monoisotopic (exact) mass is 459 g/mol. The fourth-order valence-corrected chi connectivity index (χ4v) is 3.17. The average Bonchev–Trinajstić information content (AvgIpc) is 2.83. The first-order chi connectivity index (χ1) is 16.0. The van der Waals surface area contributed by atoms with Crippen molar-refractivity contribution in [1.29, 1.82) is 5.26 Å². The van der Waals surface area contributed by atoms with Crippen molar-refractivity contribution in [3.63, 3.8) is 0 Å². The molecule has 5 nitrogen and oxygen atoms in total. The Balaban J connectivity index is 1.78. The zero-order valence-electron chi connectivity index (χ0n) is 18.2. The molecule has 3 aromatic rings. The molecule has 0 N–H and O–H groups in total. The zero-order valence-corrected chi connectivity index (χ0v) is 19.0. The van der Waals surface area contributed by atoms with E-state index in [1.807, 2.05) is 31.2 Å². The topological polar surface area (TPSA) is 68.5 Å². The fourth-order valence-electron chi connectivity index (χ4n) is 3.04. The zero-order chi connectivity index (χ0) is 23.6. The highest BCUT2D eigenvalue weighted by atomic mass is 35.5. The van der Waals surface area contributed by atoms with Crippen LogP contribution in [0.1, 0.15) is 23.6 Å². The number of nitrogens with zero attached hydrogens (tertiary/aromatic N) is 1. The molecule has 0 aliphatic rings. The Bertz CT molecular complexity index is 1220. The highest BCUT2D eigenvalue weighted by Crippen LogP contribution is 2.30. The Labute approximate surface area is 198 Å². The van der Waals surface area contributed by atoms with Crippen molar-refractivity contribution < 1.29 is 19.0 Å². The van der Waals surface area contributed by atoms with Crippen LogP contribution in [0.4, 0.5) is 0 Å². The van der Waals surface area contributed by atoms with Gasteiger partial charge in [-0.15, -0.1) is 0 Å². The second-order valence-electron chi connectivity index (χ2n) is 6.81. The molecule has 3 rings (SSSR count). The van der Waals surface area contributed by atoms with Gasteiger partial charge in [0.2, 0.25) is 0 Å². The van der Waals surface area contributed by atoms with Crippen LogP contribution in [-0.4, -0.2) is 19.7 Å². The summed E-state index contributed by atoms with van der Waals surface area (Å²) in [6.07, 6.45) is 4.70. The molecule has 0 aliphatic heterocycles. The van der Waals surface area contributed by atoms with Gasteiger partial charge in [-0.05, 0) is 60.5 Å². The molecular formula is C27H22ClNO4. The molecule has 0 saturated carbocycles. The van der Waals surface area contributed by atoms with Gasteiger partial charge in [-0.3, -0.25) is 0 Å². The van der Waals surface area contributed by atoms with E-state index in [-0.39, 0.29) is 5.75 Å². The third-order valence-corrected chi connectivity index (χ3v) is 4.85. The molecule has 0 spiro atoms. The van der Waals surface area contributed by atoms with Crippen LogP contribution in [0, 0.1) is 11.3 Å². The van der Waals surface area contributed by atoms with Crippen LogP contribution in [0.15, 0.2) is 72.8 Å². The summed E-state index contributed by atoms with van der Waals surface area (Å²) in [6.45, 7) is 2.42. The van der Waals surface area contributed by atoms with Crippen molar-refractivity contribution in [2.75, 3.05) is 13.7 Å². The van der Waals surface area contributed by atoms with Gasteiger partial charge in [0.1, 0.15) is 5.75 Å². The molecule has 6 heteroatoms. The molecule has 3 aromatic carbocycles. The molecule has 166 valence electrons. The number of hydrogen-bond donors (Lipinski definition) is 0. The molecule has 0 saturated heterocycles. The smallest absolute Gasteiger partial charge is 0.336 e. The minimum Gasteiger partial charge on any atom is -0.493 e. The maximum Gasteiger partial charge on any atom is 0.336 e. The van der Waals surface area contributed by atoms with E-state index in [2.05, 4.69) is 6.07 Å². The minimum atomic E-state index is -0.554. The van der Waals surface area contributed by atoms with Crippen molar-refractivity contribution in [2.45, 2.75) is 6.92 Å². The van der Waals surface area contributed by atoms with Crippen LogP contribution in [0.2, 0.25) is 5.02 Å². The van der Waals surface area contributed by atoms with Crippen molar-refractivity contribution in [3.05, 3.63) is 94.5 Å². The van der Waals surface area contributed by atoms with Gasteiger partial charge in [-0.1, -0.05) is 48.0 Å². The number of esters is 1. The second kappa shape index (κ2) is 11.6. The molecule has 0 atom stereocenters. The van der Waals surface area contributed by atoms with E-state index in [9.17, 15) is 10.1 Å². The molecule has 0 heterocycles. The number of para-hydroxylation sites is 1. The SMILES string of the molecule is CCOc1ccccc1/C=C/C(=O)Oc1ccc(/C=C(\C#N)c2ccc(Cl)cc2)cc1OC. The molecule has 0 aliphatic carbocycles. The maximum absolute atomic E-state index is 12.4. The number of rotatable bonds is 8. The Morgan fingerprint density at radius 3 is 2.48 bits per heavy atom. The quantitative estimate of drug-likeness (QED) is 0.128. The second-order valence-corrected chi connectivity index (χ2v) is 7.25. The van der Waals surface area contributed by atoms with Crippen molar-refractivity contribution in [3.8, 4) is 23.3 Å². The van der Waals surface area contributed by atoms with Gasteiger partial charge in [0.05, 0.1) is 25.4 Å². The van der Waals surface area contributed by atoms with Gasteiger partial charge in [-0.2, -0.15) is 5.26 Å². The van der Waals surface area contributed by atoms with Crippen LogP contribution in [-0.2, 0) is 4.79 Å². The van der Waals surface area contributed by atoms with Crippen molar-refractivity contribution >= 4 is 35.3 Å². The summed E-state index contributed by atoms with van der Waals surface area (Å²) >= 11 is 5.93. The number of benzene rings is 3. The van der Waals surface area contributed by atoms with Gasteiger partial charge in [0.25, 0.3) is 0 Å². The minimum absolute atomic E-state index is 0.271. The van der Waals surface area contributed by atoms with E-state index in [1.165, 1.54) is 13.2 Å². The summed E-state index contributed by atoms with van der Waals surface area (Å²) in [5, 5.41) is 10.1. The number of methoxy groups -OCH3 is 1. The van der Waals surface area contributed by atoms with E-state index < -0.39 is 5.97 Å². The lowest BCUT2D eigenvalue weighted by atomic mass is 10.0. The molecule has 0 amide bonds. The summed E-state index contributed by atoms with van der Waals surface area (Å²) in [4.78, 5) is 12.4. The van der Waals surface area contributed by atoms with E-state index in [4.69, 9.17) is 25.8 Å². The van der Waals surface area contributed by atoms with Crippen molar-refractivity contribution in [1.82, 2.24) is 0 Å². The highest BCUT2D eigenvalue weighted by molar-refractivity contribution is 6.30. The van der Waals surface area contributed by atoms with Crippen LogP contribution in [0.3, 0.4) is 0 Å². The first kappa shape index (κ1) is 23.6. The van der Waals surface area contributed by atoms with Crippen LogP contribution >= 0.6 is 11.6 Å². The van der Waals surface area contributed by atoms with Gasteiger partial charge >= 0.3 is 5.97 Å². The van der Waals surface area contributed by atoms with Crippen molar-refractivity contribution in [2.24, 2.45) is 0 Å². The molecule has 0 fully saturated rings. The number of nitriles is 1. The number of allylic oxidation sites excluding steroid dienone is 1. The highest BCUT2D eigenvalue weighted by Gasteiger charge is 2.10. The third-order valence-electron chi connectivity index (χ3n) is 4.60. The standard InChI is InChI=1S/C27H22ClNO4/c1-3-32-24-7-5-4-6-21(24)11-15-27(30)33-25-14-8-19(17-26(25)31-2)16-22(18-29)20-9-12-23(28)13-10-20/h4-17H,3H2,1-2H3/b15-11+,22-16+. The number of carbonyl (C=O) groups is 1. The first-order valence-corrected chi connectivity index (χ1v) is 10.6. The van der Waals surface area contributed by atoms with Gasteiger partial charge in [-0.25, -0.2) is 4.79 Å². The Hall–Kier alpha value is -4.01. The Morgan fingerprint density at radius 1 is 1.03 bits per heavy atom. The number of carbonyl (C=O) groups excluding carboxylic acids is 1. The van der Waals surface area contributed by atoms with E-state index in [0.29, 0.717) is 28.7 Å². The predicted octanol–water partition coefficient (Wildman–Crippen LogP) is 6.43. The molecule has 0 bridgehead atoms. The first-order valence-electron chi connectivity index (χ1n) is 10.2. The van der Waals surface area contributed by atoms with Crippen LogP contribution in [0.5, 0.6) is 17.2 Å². The largest absolute Gasteiger partial charge is 0.493 e. The third kappa shape index (κ3) is 6.49. The summed E-state index contributed by atoms with van der Waals surface area (Å²) in [5.74, 6) is 0.773. The lowest BCUT2D eigenvalue weighted by Crippen LogP contribution is -2.05. The van der Waals surface area contributed by atoms with Gasteiger partial charge in [0.15, 0.2) is 11.5 Å². The summed E-state index contributed by atoms with van der Waals surface area (Å²) in [6, 6.07) is 21.7. The van der Waals surface area contributed by atoms with Gasteiger partial charge in [0, 0.05) is 16.7 Å². The Kier molecular flexibility index (Phi) is 8.29. The Morgan fingerprint density at radius 2 is 1.79 bits per heavy atom. The average molecular weight is 460 g/mol. The normalized spacial score (nSPS) is 11.2.